The lowest BCUT2D eigenvalue weighted by Gasteiger charge is -2.33. The number of benzene rings is 1. The van der Waals surface area contributed by atoms with Crippen molar-refractivity contribution in [2.24, 2.45) is 0 Å². The van der Waals surface area contributed by atoms with Gasteiger partial charge in [0.2, 0.25) is 17.7 Å². The third-order valence-electron chi connectivity index (χ3n) is 4.20. The smallest absolute Gasteiger partial charge is 0.247 e. The lowest BCUT2D eigenvalue weighted by Crippen LogP contribution is -2.49. The predicted octanol–water partition coefficient (Wildman–Crippen LogP) is 2.14. The summed E-state index contributed by atoms with van der Waals surface area (Å²) in [5, 5.41) is 11.2. The van der Waals surface area contributed by atoms with E-state index in [1.165, 1.54) is 0 Å². The van der Waals surface area contributed by atoms with Crippen LogP contribution in [0.1, 0.15) is 19.7 Å². The van der Waals surface area contributed by atoms with E-state index in [0.717, 1.165) is 36.2 Å². The van der Waals surface area contributed by atoms with E-state index in [4.69, 9.17) is 4.42 Å². The maximum Gasteiger partial charge on any atom is 0.247 e. The highest BCUT2D eigenvalue weighted by atomic mass is 79.9. The lowest BCUT2D eigenvalue weighted by atomic mass is 10.2. The molecule has 0 radical (unpaired) electrons. The van der Waals surface area contributed by atoms with Crippen molar-refractivity contribution in [1.82, 2.24) is 25.3 Å². The van der Waals surface area contributed by atoms with Gasteiger partial charge in [-0.15, -0.1) is 10.2 Å². The Morgan fingerprint density at radius 1 is 1.15 bits per heavy atom. The van der Waals surface area contributed by atoms with Gasteiger partial charge in [-0.2, -0.15) is 0 Å². The summed E-state index contributed by atoms with van der Waals surface area (Å²) in [4.78, 5) is 16.3. The molecule has 0 saturated carbocycles. The van der Waals surface area contributed by atoms with Crippen LogP contribution in [0.25, 0.3) is 11.5 Å². The molecule has 7 nitrogen and oxygen atoms in total. The molecule has 0 aliphatic carbocycles. The van der Waals surface area contributed by atoms with Gasteiger partial charge < -0.3 is 9.73 Å². The molecule has 0 bridgehead atoms. The van der Waals surface area contributed by atoms with Gasteiger partial charge in [-0.1, -0.05) is 15.9 Å². The van der Waals surface area contributed by atoms with Gasteiger partial charge in [-0.25, -0.2) is 0 Å². The molecule has 1 aromatic carbocycles. The van der Waals surface area contributed by atoms with Crippen LogP contribution in [0.2, 0.25) is 0 Å². The Morgan fingerprint density at radius 3 is 2.46 bits per heavy atom. The zero-order chi connectivity index (χ0) is 18.5. The minimum absolute atomic E-state index is 0.0875. The van der Waals surface area contributed by atoms with E-state index in [2.05, 4.69) is 41.2 Å². The van der Waals surface area contributed by atoms with Crippen LogP contribution in [0, 0.1) is 0 Å². The Hall–Kier alpha value is -1.77. The van der Waals surface area contributed by atoms with Crippen molar-refractivity contribution in [2.45, 2.75) is 26.4 Å². The monoisotopic (exact) mass is 421 g/mol. The van der Waals surface area contributed by atoms with Crippen LogP contribution in [-0.2, 0) is 11.3 Å². The number of hydrogen-bond acceptors (Lipinski definition) is 6. The van der Waals surface area contributed by atoms with Crippen molar-refractivity contribution in [3.8, 4) is 11.5 Å². The van der Waals surface area contributed by atoms with Gasteiger partial charge in [0, 0.05) is 42.3 Å². The highest BCUT2D eigenvalue weighted by molar-refractivity contribution is 9.10. The van der Waals surface area contributed by atoms with Crippen molar-refractivity contribution < 1.29 is 9.21 Å². The van der Waals surface area contributed by atoms with Crippen LogP contribution in [0.15, 0.2) is 33.2 Å². The first-order chi connectivity index (χ1) is 12.5. The molecule has 8 heteroatoms. The summed E-state index contributed by atoms with van der Waals surface area (Å²) < 4.78 is 6.81. The first-order valence-corrected chi connectivity index (χ1v) is 9.61. The normalized spacial score (nSPS) is 16.2. The molecule has 1 fully saturated rings. The Bertz CT molecular complexity index is 723. The van der Waals surface area contributed by atoms with Gasteiger partial charge in [0.05, 0.1) is 13.1 Å². The summed E-state index contributed by atoms with van der Waals surface area (Å²) in [6, 6.07) is 7.98. The molecule has 2 aromatic rings. The number of nitrogens with zero attached hydrogens (tertiary/aromatic N) is 4. The molecule has 1 N–H and O–H groups in total. The van der Waals surface area contributed by atoms with E-state index in [0.29, 0.717) is 24.9 Å². The molecular formula is C18H24BrN5O2. The number of aromatic nitrogens is 2. The Kier molecular flexibility index (Phi) is 6.39. The molecule has 0 unspecified atom stereocenters. The number of carbonyl (C=O) groups excluding carboxylic acids is 1. The summed E-state index contributed by atoms with van der Waals surface area (Å²) in [5.74, 6) is 1.25. The Balaban J connectivity index is 1.48. The first kappa shape index (κ1) is 19.0. The van der Waals surface area contributed by atoms with Crippen molar-refractivity contribution in [2.75, 3.05) is 32.7 Å². The standard InChI is InChI=1S/C18H24BrN5O2/c1-13(2)20-16(25)11-23-7-9-24(10-8-23)12-17-21-22-18(26-17)14-3-5-15(19)6-4-14/h3-6,13H,7-12H2,1-2H3,(H,20,25). The summed E-state index contributed by atoms with van der Waals surface area (Å²) in [6.07, 6.45) is 0. The molecule has 0 atom stereocenters. The van der Waals surface area contributed by atoms with Gasteiger partial charge in [-0.3, -0.25) is 14.6 Å². The Morgan fingerprint density at radius 2 is 1.81 bits per heavy atom. The number of hydrogen-bond donors (Lipinski definition) is 1. The van der Waals surface area contributed by atoms with Crippen molar-refractivity contribution >= 4 is 21.8 Å². The van der Waals surface area contributed by atoms with Crippen LogP contribution in [0.5, 0.6) is 0 Å². The van der Waals surface area contributed by atoms with Crippen LogP contribution >= 0.6 is 15.9 Å². The van der Waals surface area contributed by atoms with E-state index in [9.17, 15) is 4.79 Å². The van der Waals surface area contributed by atoms with E-state index in [1.807, 2.05) is 38.1 Å². The molecule has 2 heterocycles. The van der Waals surface area contributed by atoms with Crippen LogP contribution in [0.4, 0.5) is 0 Å². The number of nitrogens with one attached hydrogen (secondary N) is 1. The molecule has 1 aromatic heterocycles. The zero-order valence-electron chi connectivity index (χ0n) is 15.1. The largest absolute Gasteiger partial charge is 0.419 e. The summed E-state index contributed by atoms with van der Waals surface area (Å²) in [5.41, 5.74) is 0.910. The maximum atomic E-state index is 11.9. The number of piperazine rings is 1. The van der Waals surface area contributed by atoms with Gasteiger partial charge in [0.25, 0.3) is 0 Å². The van der Waals surface area contributed by atoms with Crippen LogP contribution in [-0.4, -0.2) is 64.7 Å². The van der Waals surface area contributed by atoms with Gasteiger partial charge in [0.15, 0.2) is 0 Å². The molecule has 1 saturated heterocycles. The van der Waals surface area contributed by atoms with Crippen LogP contribution < -0.4 is 5.32 Å². The summed E-state index contributed by atoms with van der Waals surface area (Å²) >= 11 is 3.42. The first-order valence-electron chi connectivity index (χ1n) is 8.82. The number of carbonyl (C=O) groups is 1. The Labute approximate surface area is 161 Å². The lowest BCUT2D eigenvalue weighted by molar-refractivity contribution is -0.123. The minimum atomic E-state index is 0.0875. The van der Waals surface area contributed by atoms with Gasteiger partial charge in [0.1, 0.15) is 0 Å². The SMILES string of the molecule is CC(C)NC(=O)CN1CCN(Cc2nnc(-c3ccc(Br)cc3)o2)CC1. The highest BCUT2D eigenvalue weighted by Gasteiger charge is 2.21. The van der Waals surface area contributed by atoms with Gasteiger partial charge in [-0.05, 0) is 38.1 Å². The van der Waals surface area contributed by atoms with E-state index in [1.54, 1.807) is 0 Å². The number of rotatable bonds is 6. The molecule has 140 valence electrons. The summed E-state index contributed by atoms with van der Waals surface area (Å²) in [6.45, 7) is 8.52. The number of amides is 1. The second kappa shape index (κ2) is 8.75. The van der Waals surface area contributed by atoms with E-state index in [-0.39, 0.29) is 11.9 Å². The predicted molar refractivity (Wildman–Crippen MR) is 102 cm³/mol. The minimum Gasteiger partial charge on any atom is -0.419 e. The maximum absolute atomic E-state index is 11.9. The third kappa shape index (κ3) is 5.36. The fourth-order valence-corrected chi connectivity index (χ4v) is 3.16. The quantitative estimate of drug-likeness (QED) is 0.769. The highest BCUT2D eigenvalue weighted by Crippen LogP contribution is 2.21. The molecule has 1 aliphatic rings. The zero-order valence-corrected chi connectivity index (χ0v) is 16.7. The molecule has 26 heavy (non-hydrogen) atoms. The van der Waals surface area contributed by atoms with Gasteiger partial charge >= 0.3 is 0 Å². The molecule has 1 amide bonds. The van der Waals surface area contributed by atoms with Crippen LogP contribution in [0.3, 0.4) is 0 Å². The van der Waals surface area contributed by atoms with Crippen molar-refractivity contribution in [1.29, 1.82) is 0 Å². The summed E-state index contributed by atoms with van der Waals surface area (Å²) in [7, 11) is 0. The van der Waals surface area contributed by atoms with Crippen molar-refractivity contribution in [3.63, 3.8) is 0 Å². The molecule has 3 rings (SSSR count). The van der Waals surface area contributed by atoms with E-state index >= 15 is 0 Å². The molecule has 0 spiro atoms. The fraction of sp³-hybridized carbons (Fsp3) is 0.500. The second-order valence-corrected chi connectivity index (χ2v) is 7.70. The van der Waals surface area contributed by atoms with E-state index < -0.39 is 0 Å². The molecular weight excluding hydrogens is 398 g/mol. The average Bonchev–Trinajstić information content (AvgIpc) is 3.05. The third-order valence-corrected chi connectivity index (χ3v) is 4.73. The average molecular weight is 422 g/mol. The second-order valence-electron chi connectivity index (χ2n) is 6.78. The number of halogens is 1. The topological polar surface area (TPSA) is 74.5 Å². The van der Waals surface area contributed by atoms with Crippen molar-refractivity contribution in [3.05, 3.63) is 34.6 Å². The fourth-order valence-electron chi connectivity index (χ4n) is 2.89. The molecule has 1 aliphatic heterocycles.